The fourth-order valence-corrected chi connectivity index (χ4v) is 1.91. The van der Waals surface area contributed by atoms with Crippen molar-refractivity contribution in [1.29, 1.82) is 0 Å². The number of hydrogen-bond acceptors (Lipinski definition) is 2. The van der Waals surface area contributed by atoms with Crippen LogP contribution in [-0.2, 0) is 0 Å². The molecule has 0 aliphatic heterocycles. The molecule has 0 spiro atoms. The van der Waals surface area contributed by atoms with Gasteiger partial charge in [0, 0.05) is 12.1 Å². The average molecular weight is 314 g/mol. The lowest BCUT2D eigenvalue weighted by Crippen LogP contribution is -2.25. The lowest BCUT2D eigenvalue weighted by molar-refractivity contribution is 0.0950. The standard InChI is InChI=1S/C11H13NO.C7H6FNO/c13-11(12-8-9-6-7-9)10-4-2-1-3-5-10;8-6-4-2-1-3-5(6)7(9)10/h1-5,9H,6-8H2,(H,12,13);1-4H,(H2,9,10). The van der Waals surface area contributed by atoms with Gasteiger partial charge in [-0.2, -0.15) is 0 Å². The fourth-order valence-electron chi connectivity index (χ4n) is 1.91. The molecule has 2 amide bonds. The van der Waals surface area contributed by atoms with Gasteiger partial charge in [-0.3, -0.25) is 9.59 Å². The molecule has 23 heavy (non-hydrogen) atoms. The van der Waals surface area contributed by atoms with Crippen LogP contribution in [0.1, 0.15) is 33.6 Å². The van der Waals surface area contributed by atoms with E-state index in [1.807, 2.05) is 30.3 Å². The zero-order valence-corrected chi connectivity index (χ0v) is 12.7. The Morgan fingerprint density at radius 3 is 2.17 bits per heavy atom. The molecule has 4 nitrogen and oxygen atoms in total. The SMILES string of the molecule is NC(=O)c1ccccc1F.O=C(NCC1CC1)c1ccccc1. The highest BCUT2D eigenvalue weighted by molar-refractivity contribution is 5.94. The first kappa shape index (κ1) is 16.7. The summed E-state index contributed by atoms with van der Waals surface area (Å²) < 4.78 is 12.5. The van der Waals surface area contributed by atoms with E-state index in [0.29, 0.717) is 0 Å². The maximum atomic E-state index is 12.5. The van der Waals surface area contributed by atoms with Crippen LogP contribution >= 0.6 is 0 Å². The Kier molecular flexibility index (Phi) is 5.86. The minimum Gasteiger partial charge on any atom is -0.366 e. The molecule has 2 aromatic rings. The normalized spacial score (nSPS) is 12.7. The minimum atomic E-state index is -0.738. The zero-order valence-electron chi connectivity index (χ0n) is 12.7. The highest BCUT2D eigenvalue weighted by Crippen LogP contribution is 2.27. The lowest BCUT2D eigenvalue weighted by atomic mass is 10.2. The fraction of sp³-hybridized carbons (Fsp3) is 0.222. The van der Waals surface area contributed by atoms with Crippen LogP contribution in [0.15, 0.2) is 54.6 Å². The monoisotopic (exact) mass is 314 g/mol. The second-order valence-corrected chi connectivity index (χ2v) is 5.36. The topological polar surface area (TPSA) is 72.2 Å². The van der Waals surface area contributed by atoms with Crippen molar-refractivity contribution in [3.8, 4) is 0 Å². The highest BCUT2D eigenvalue weighted by atomic mass is 19.1. The molecular weight excluding hydrogens is 295 g/mol. The van der Waals surface area contributed by atoms with Crippen molar-refractivity contribution in [2.75, 3.05) is 6.54 Å². The van der Waals surface area contributed by atoms with Gasteiger partial charge >= 0.3 is 0 Å². The summed E-state index contributed by atoms with van der Waals surface area (Å²) in [5.41, 5.74) is 5.52. The van der Waals surface area contributed by atoms with E-state index in [4.69, 9.17) is 5.73 Å². The largest absolute Gasteiger partial charge is 0.366 e. The number of primary amides is 1. The van der Waals surface area contributed by atoms with Gasteiger partial charge in [0.2, 0.25) is 0 Å². The lowest BCUT2D eigenvalue weighted by Gasteiger charge is -2.02. The van der Waals surface area contributed by atoms with E-state index in [1.54, 1.807) is 6.07 Å². The third-order valence-corrected chi connectivity index (χ3v) is 3.42. The summed E-state index contributed by atoms with van der Waals surface area (Å²) in [5, 5.41) is 2.92. The Morgan fingerprint density at radius 2 is 1.65 bits per heavy atom. The predicted molar refractivity (Wildman–Crippen MR) is 86.4 cm³/mol. The quantitative estimate of drug-likeness (QED) is 0.911. The number of carbonyl (C=O) groups is 2. The molecule has 1 aliphatic carbocycles. The van der Waals surface area contributed by atoms with Crippen LogP contribution in [0.3, 0.4) is 0 Å². The number of hydrogen-bond donors (Lipinski definition) is 2. The Bertz CT molecular complexity index is 670. The second-order valence-electron chi connectivity index (χ2n) is 5.36. The summed E-state index contributed by atoms with van der Waals surface area (Å²) in [7, 11) is 0. The smallest absolute Gasteiger partial charge is 0.251 e. The van der Waals surface area contributed by atoms with Gasteiger partial charge in [-0.05, 0) is 43.0 Å². The van der Waals surface area contributed by atoms with Gasteiger partial charge in [-0.25, -0.2) is 4.39 Å². The number of nitrogens with one attached hydrogen (secondary N) is 1. The Balaban J connectivity index is 0.000000174. The molecule has 1 aliphatic rings. The van der Waals surface area contributed by atoms with Gasteiger partial charge in [0.1, 0.15) is 5.82 Å². The Morgan fingerprint density at radius 1 is 1.04 bits per heavy atom. The van der Waals surface area contributed by atoms with Crippen molar-refractivity contribution in [3.63, 3.8) is 0 Å². The molecule has 0 radical (unpaired) electrons. The molecule has 0 unspecified atom stereocenters. The first-order valence-electron chi connectivity index (χ1n) is 7.45. The van der Waals surface area contributed by atoms with E-state index in [0.717, 1.165) is 18.0 Å². The highest BCUT2D eigenvalue weighted by Gasteiger charge is 2.21. The average Bonchev–Trinajstić information content (AvgIpc) is 3.38. The Hall–Kier alpha value is -2.69. The molecule has 0 saturated heterocycles. The molecule has 1 fully saturated rings. The van der Waals surface area contributed by atoms with E-state index >= 15 is 0 Å². The van der Waals surface area contributed by atoms with Crippen LogP contribution in [0, 0.1) is 11.7 Å². The number of amides is 2. The summed E-state index contributed by atoms with van der Waals surface area (Å²) in [4.78, 5) is 21.9. The second kappa shape index (κ2) is 8.08. The molecule has 3 rings (SSSR count). The molecule has 0 heterocycles. The maximum Gasteiger partial charge on any atom is 0.251 e. The van der Waals surface area contributed by atoms with Gasteiger partial charge in [0.15, 0.2) is 0 Å². The van der Waals surface area contributed by atoms with E-state index in [2.05, 4.69) is 5.32 Å². The number of nitrogens with two attached hydrogens (primary N) is 1. The molecular formula is C18H19FN2O2. The van der Waals surface area contributed by atoms with Crippen molar-refractivity contribution >= 4 is 11.8 Å². The van der Waals surface area contributed by atoms with Gasteiger partial charge in [-0.15, -0.1) is 0 Å². The first-order valence-corrected chi connectivity index (χ1v) is 7.45. The molecule has 5 heteroatoms. The maximum absolute atomic E-state index is 12.5. The molecule has 0 atom stereocenters. The van der Waals surface area contributed by atoms with Crippen molar-refractivity contribution in [1.82, 2.24) is 5.32 Å². The van der Waals surface area contributed by atoms with Crippen LogP contribution in [0.25, 0.3) is 0 Å². The summed E-state index contributed by atoms with van der Waals surface area (Å²) >= 11 is 0. The minimum absolute atomic E-state index is 0.0486. The van der Waals surface area contributed by atoms with E-state index in [9.17, 15) is 14.0 Å². The van der Waals surface area contributed by atoms with Crippen molar-refractivity contribution in [2.45, 2.75) is 12.8 Å². The molecule has 3 N–H and O–H groups in total. The third kappa shape index (κ3) is 5.54. The van der Waals surface area contributed by atoms with Crippen LogP contribution < -0.4 is 11.1 Å². The zero-order chi connectivity index (χ0) is 16.7. The molecule has 1 saturated carbocycles. The molecule has 120 valence electrons. The first-order chi connectivity index (χ1) is 11.1. The van der Waals surface area contributed by atoms with Gasteiger partial charge in [0.25, 0.3) is 11.8 Å². The van der Waals surface area contributed by atoms with E-state index < -0.39 is 11.7 Å². The summed E-state index contributed by atoms with van der Waals surface area (Å²) in [6.07, 6.45) is 2.55. The Labute approximate surface area is 134 Å². The van der Waals surface area contributed by atoms with Gasteiger partial charge < -0.3 is 11.1 Å². The van der Waals surface area contributed by atoms with E-state index in [1.165, 1.54) is 31.0 Å². The van der Waals surface area contributed by atoms with Crippen LogP contribution in [0.4, 0.5) is 4.39 Å². The van der Waals surface area contributed by atoms with E-state index in [-0.39, 0.29) is 11.5 Å². The van der Waals surface area contributed by atoms with Crippen LogP contribution in [0.2, 0.25) is 0 Å². The van der Waals surface area contributed by atoms with Gasteiger partial charge in [0.05, 0.1) is 5.56 Å². The molecule has 0 aromatic heterocycles. The predicted octanol–water partition coefficient (Wildman–Crippen LogP) is 2.75. The number of carbonyl (C=O) groups excluding carboxylic acids is 2. The summed E-state index contributed by atoms with van der Waals surface area (Å²) in [6.45, 7) is 0.841. The van der Waals surface area contributed by atoms with Crippen molar-refractivity contribution < 1.29 is 14.0 Å². The van der Waals surface area contributed by atoms with Crippen LogP contribution in [0.5, 0.6) is 0 Å². The van der Waals surface area contributed by atoms with Crippen molar-refractivity contribution in [2.24, 2.45) is 11.7 Å². The summed E-state index contributed by atoms with van der Waals surface area (Å²) in [6, 6.07) is 14.9. The summed E-state index contributed by atoms with van der Waals surface area (Å²) in [5.74, 6) is -0.520. The molecule has 2 aromatic carbocycles. The van der Waals surface area contributed by atoms with Crippen molar-refractivity contribution in [3.05, 3.63) is 71.5 Å². The van der Waals surface area contributed by atoms with Crippen LogP contribution in [-0.4, -0.2) is 18.4 Å². The molecule has 0 bridgehead atoms. The van der Waals surface area contributed by atoms with Gasteiger partial charge in [-0.1, -0.05) is 30.3 Å². The number of halogens is 1. The number of rotatable bonds is 4. The number of benzene rings is 2. The third-order valence-electron chi connectivity index (χ3n) is 3.42.